The van der Waals surface area contributed by atoms with E-state index >= 15 is 0 Å². The van der Waals surface area contributed by atoms with Crippen molar-refractivity contribution < 1.29 is 4.74 Å². The minimum absolute atomic E-state index is 0.631. The standard InChI is InChI=1S/C18H23N3O/c1-15-4-2-9-20-18(15)22-14-16-6-10-21(11-7-16)13-17-5-3-8-19-12-17/h2-5,8-9,12,16H,6-7,10-11,13-14H2,1H3. The molecule has 0 spiro atoms. The highest BCUT2D eigenvalue weighted by Crippen LogP contribution is 2.21. The number of rotatable bonds is 5. The Kier molecular flexibility index (Phi) is 5.01. The van der Waals surface area contributed by atoms with E-state index in [0.717, 1.165) is 37.7 Å². The Hall–Kier alpha value is -1.94. The first-order valence-electron chi connectivity index (χ1n) is 7.97. The van der Waals surface area contributed by atoms with Gasteiger partial charge in [-0.05, 0) is 56.5 Å². The van der Waals surface area contributed by atoms with Gasteiger partial charge in [-0.1, -0.05) is 12.1 Å². The van der Waals surface area contributed by atoms with Crippen molar-refractivity contribution in [2.75, 3.05) is 19.7 Å². The number of pyridine rings is 2. The Morgan fingerprint density at radius 1 is 1.18 bits per heavy atom. The van der Waals surface area contributed by atoms with Crippen molar-refractivity contribution >= 4 is 0 Å². The number of nitrogens with zero attached hydrogens (tertiary/aromatic N) is 3. The van der Waals surface area contributed by atoms with E-state index in [4.69, 9.17) is 4.74 Å². The van der Waals surface area contributed by atoms with E-state index in [-0.39, 0.29) is 0 Å². The zero-order valence-electron chi connectivity index (χ0n) is 13.1. The molecule has 1 saturated heterocycles. The van der Waals surface area contributed by atoms with Gasteiger partial charge in [0.25, 0.3) is 0 Å². The summed E-state index contributed by atoms with van der Waals surface area (Å²) in [6.45, 7) is 6.08. The number of hydrogen-bond donors (Lipinski definition) is 0. The number of likely N-dealkylation sites (tertiary alicyclic amines) is 1. The van der Waals surface area contributed by atoms with Crippen LogP contribution in [0.2, 0.25) is 0 Å². The molecule has 3 heterocycles. The van der Waals surface area contributed by atoms with Crippen molar-refractivity contribution in [2.24, 2.45) is 5.92 Å². The van der Waals surface area contributed by atoms with Gasteiger partial charge in [0.1, 0.15) is 0 Å². The number of ether oxygens (including phenoxy) is 1. The molecule has 0 atom stereocenters. The van der Waals surface area contributed by atoms with Gasteiger partial charge in [0.2, 0.25) is 5.88 Å². The van der Waals surface area contributed by atoms with E-state index in [1.54, 1.807) is 6.20 Å². The Bertz CT molecular complexity index is 580. The molecule has 1 fully saturated rings. The van der Waals surface area contributed by atoms with Gasteiger partial charge >= 0.3 is 0 Å². The second-order valence-electron chi connectivity index (χ2n) is 6.02. The van der Waals surface area contributed by atoms with Gasteiger partial charge in [-0.3, -0.25) is 9.88 Å². The van der Waals surface area contributed by atoms with Crippen LogP contribution in [0.3, 0.4) is 0 Å². The number of piperidine rings is 1. The predicted molar refractivity (Wildman–Crippen MR) is 86.7 cm³/mol. The van der Waals surface area contributed by atoms with Gasteiger partial charge < -0.3 is 4.74 Å². The Morgan fingerprint density at radius 2 is 2.00 bits per heavy atom. The molecule has 1 aliphatic rings. The van der Waals surface area contributed by atoms with Crippen molar-refractivity contribution in [3.63, 3.8) is 0 Å². The van der Waals surface area contributed by atoms with Crippen LogP contribution in [0.15, 0.2) is 42.9 Å². The molecule has 0 radical (unpaired) electrons. The van der Waals surface area contributed by atoms with Crippen LogP contribution >= 0.6 is 0 Å². The first-order chi connectivity index (χ1) is 10.8. The van der Waals surface area contributed by atoms with Crippen LogP contribution in [-0.4, -0.2) is 34.6 Å². The molecule has 3 rings (SSSR count). The summed E-state index contributed by atoms with van der Waals surface area (Å²) >= 11 is 0. The average Bonchev–Trinajstić information content (AvgIpc) is 2.56. The van der Waals surface area contributed by atoms with Gasteiger partial charge in [0.15, 0.2) is 0 Å². The molecule has 0 saturated carbocycles. The summed E-state index contributed by atoms with van der Waals surface area (Å²) in [5.74, 6) is 1.41. The molecule has 2 aromatic rings. The lowest BCUT2D eigenvalue weighted by Crippen LogP contribution is -2.35. The molecule has 4 heteroatoms. The first-order valence-corrected chi connectivity index (χ1v) is 7.97. The molecular formula is C18H23N3O. The van der Waals surface area contributed by atoms with Gasteiger partial charge in [-0.2, -0.15) is 0 Å². The van der Waals surface area contributed by atoms with Crippen molar-refractivity contribution in [1.29, 1.82) is 0 Å². The monoisotopic (exact) mass is 297 g/mol. The molecule has 1 aliphatic heterocycles. The molecule has 0 N–H and O–H groups in total. The SMILES string of the molecule is Cc1cccnc1OCC1CCN(Cc2cccnc2)CC1. The fraction of sp³-hybridized carbons (Fsp3) is 0.444. The molecule has 4 nitrogen and oxygen atoms in total. The highest BCUT2D eigenvalue weighted by atomic mass is 16.5. The smallest absolute Gasteiger partial charge is 0.216 e. The summed E-state index contributed by atoms with van der Waals surface area (Å²) in [6.07, 6.45) is 7.95. The Labute approximate surface area is 132 Å². The molecule has 0 aliphatic carbocycles. The highest BCUT2D eigenvalue weighted by Gasteiger charge is 2.20. The maximum atomic E-state index is 5.89. The normalized spacial score (nSPS) is 16.6. The summed E-state index contributed by atoms with van der Waals surface area (Å²) in [6, 6.07) is 8.13. The zero-order chi connectivity index (χ0) is 15.2. The van der Waals surface area contributed by atoms with Crippen LogP contribution in [0.4, 0.5) is 0 Å². The lowest BCUT2D eigenvalue weighted by atomic mass is 9.97. The fourth-order valence-electron chi connectivity index (χ4n) is 2.88. The summed E-state index contributed by atoms with van der Waals surface area (Å²) in [5, 5.41) is 0. The largest absolute Gasteiger partial charge is 0.477 e. The minimum atomic E-state index is 0.631. The molecule has 0 amide bonds. The van der Waals surface area contributed by atoms with Gasteiger partial charge in [-0.15, -0.1) is 0 Å². The third-order valence-corrected chi connectivity index (χ3v) is 4.25. The van der Waals surface area contributed by atoms with Crippen LogP contribution in [0.1, 0.15) is 24.0 Å². The van der Waals surface area contributed by atoms with Crippen LogP contribution < -0.4 is 4.74 Å². The summed E-state index contributed by atoms with van der Waals surface area (Å²) in [5.41, 5.74) is 2.40. The van der Waals surface area contributed by atoms with Crippen LogP contribution in [0, 0.1) is 12.8 Å². The molecule has 2 aromatic heterocycles. The average molecular weight is 297 g/mol. The third kappa shape index (κ3) is 4.04. The Balaban J connectivity index is 1.43. The summed E-state index contributed by atoms with van der Waals surface area (Å²) in [7, 11) is 0. The van der Waals surface area contributed by atoms with E-state index < -0.39 is 0 Å². The summed E-state index contributed by atoms with van der Waals surface area (Å²) < 4.78 is 5.89. The van der Waals surface area contributed by atoms with Crippen LogP contribution in [-0.2, 0) is 6.54 Å². The zero-order valence-corrected chi connectivity index (χ0v) is 13.1. The number of aryl methyl sites for hydroxylation is 1. The van der Waals surface area contributed by atoms with E-state index in [1.807, 2.05) is 37.5 Å². The minimum Gasteiger partial charge on any atom is -0.477 e. The van der Waals surface area contributed by atoms with Gasteiger partial charge in [0, 0.05) is 30.7 Å². The quantitative estimate of drug-likeness (QED) is 0.850. The van der Waals surface area contributed by atoms with E-state index in [0.29, 0.717) is 5.92 Å². The molecule has 0 unspecified atom stereocenters. The van der Waals surface area contributed by atoms with Gasteiger partial charge in [0.05, 0.1) is 6.61 Å². The summed E-state index contributed by atoms with van der Waals surface area (Å²) in [4.78, 5) is 11.0. The number of aromatic nitrogens is 2. The fourth-order valence-corrected chi connectivity index (χ4v) is 2.88. The van der Waals surface area contributed by atoms with Crippen LogP contribution in [0.25, 0.3) is 0 Å². The first kappa shape index (κ1) is 15.0. The Morgan fingerprint density at radius 3 is 2.73 bits per heavy atom. The highest BCUT2D eigenvalue weighted by molar-refractivity contribution is 5.23. The lowest BCUT2D eigenvalue weighted by Gasteiger charge is -2.31. The maximum Gasteiger partial charge on any atom is 0.216 e. The van der Waals surface area contributed by atoms with Gasteiger partial charge in [-0.25, -0.2) is 4.98 Å². The second kappa shape index (κ2) is 7.36. The topological polar surface area (TPSA) is 38.2 Å². The molecule has 22 heavy (non-hydrogen) atoms. The maximum absolute atomic E-state index is 5.89. The van der Waals surface area contributed by atoms with E-state index in [9.17, 15) is 0 Å². The third-order valence-electron chi connectivity index (χ3n) is 4.25. The predicted octanol–water partition coefficient (Wildman–Crippen LogP) is 3.08. The molecular weight excluding hydrogens is 274 g/mol. The van der Waals surface area contributed by atoms with Crippen molar-refractivity contribution in [1.82, 2.24) is 14.9 Å². The van der Waals surface area contributed by atoms with Crippen molar-refractivity contribution in [2.45, 2.75) is 26.3 Å². The van der Waals surface area contributed by atoms with E-state index in [1.165, 1.54) is 18.4 Å². The van der Waals surface area contributed by atoms with E-state index in [2.05, 4.69) is 20.9 Å². The molecule has 0 bridgehead atoms. The van der Waals surface area contributed by atoms with Crippen LogP contribution in [0.5, 0.6) is 5.88 Å². The second-order valence-corrected chi connectivity index (χ2v) is 6.02. The number of hydrogen-bond acceptors (Lipinski definition) is 4. The molecule has 116 valence electrons. The van der Waals surface area contributed by atoms with Crippen molar-refractivity contribution in [3.05, 3.63) is 54.0 Å². The van der Waals surface area contributed by atoms with Crippen molar-refractivity contribution in [3.8, 4) is 5.88 Å². The molecule has 0 aromatic carbocycles. The lowest BCUT2D eigenvalue weighted by molar-refractivity contribution is 0.134.